The Morgan fingerprint density at radius 2 is 2.21 bits per heavy atom. The topological polar surface area (TPSA) is 49.6 Å². The van der Waals surface area contributed by atoms with Gasteiger partial charge in [0.15, 0.2) is 11.6 Å². The van der Waals surface area contributed by atoms with Crippen molar-refractivity contribution in [3.8, 4) is 0 Å². The van der Waals surface area contributed by atoms with E-state index in [1.54, 1.807) is 18.7 Å². The number of carbonyl (C=O) groups is 1. The Morgan fingerprint density at radius 1 is 1.42 bits per heavy atom. The molecular formula is C18H25N3O2S. The number of aromatic nitrogens is 1. The molecule has 1 aliphatic rings. The molecule has 0 spiro atoms. The van der Waals surface area contributed by atoms with E-state index in [1.807, 2.05) is 18.4 Å². The highest BCUT2D eigenvalue weighted by Crippen LogP contribution is 2.23. The smallest absolute Gasteiger partial charge is 0.275 e. The van der Waals surface area contributed by atoms with E-state index in [2.05, 4.69) is 28.9 Å². The van der Waals surface area contributed by atoms with Gasteiger partial charge in [0, 0.05) is 43.4 Å². The van der Waals surface area contributed by atoms with Crippen molar-refractivity contribution in [2.24, 2.45) is 5.92 Å². The van der Waals surface area contributed by atoms with E-state index >= 15 is 0 Å². The molecule has 1 unspecified atom stereocenters. The van der Waals surface area contributed by atoms with Crippen LogP contribution < -0.4 is 0 Å². The predicted molar refractivity (Wildman–Crippen MR) is 95.4 cm³/mol. The molecule has 0 N–H and O–H groups in total. The fourth-order valence-electron chi connectivity index (χ4n) is 3.37. The molecule has 6 heteroatoms. The molecule has 130 valence electrons. The molecule has 0 aromatic carbocycles. The van der Waals surface area contributed by atoms with Crippen molar-refractivity contribution < 1.29 is 9.21 Å². The number of nitrogens with zero attached hydrogens (tertiary/aromatic N) is 3. The first kappa shape index (κ1) is 17.2. The summed E-state index contributed by atoms with van der Waals surface area (Å²) in [5.74, 6) is 1.62. The van der Waals surface area contributed by atoms with Gasteiger partial charge in [-0.3, -0.25) is 9.69 Å². The SMILES string of the molecule is Cc1nc(C(=O)N(C)CC2CCN(Cc3ccc(C)s3)C2)c(C)o1. The lowest BCUT2D eigenvalue weighted by Gasteiger charge is -2.21. The van der Waals surface area contributed by atoms with Crippen LogP contribution in [0.2, 0.25) is 0 Å². The summed E-state index contributed by atoms with van der Waals surface area (Å²) >= 11 is 1.87. The molecule has 24 heavy (non-hydrogen) atoms. The molecule has 5 nitrogen and oxygen atoms in total. The summed E-state index contributed by atoms with van der Waals surface area (Å²) in [7, 11) is 1.86. The van der Waals surface area contributed by atoms with Gasteiger partial charge in [0.05, 0.1) is 0 Å². The van der Waals surface area contributed by atoms with Gasteiger partial charge in [-0.1, -0.05) is 0 Å². The summed E-state index contributed by atoms with van der Waals surface area (Å²) in [4.78, 5) is 23.8. The van der Waals surface area contributed by atoms with Crippen molar-refractivity contribution in [1.82, 2.24) is 14.8 Å². The third-order valence-corrected chi connectivity index (χ3v) is 5.52. The first-order valence-electron chi connectivity index (χ1n) is 8.39. The second-order valence-corrected chi connectivity index (χ2v) is 8.10. The molecular weight excluding hydrogens is 322 g/mol. The molecule has 2 aromatic heterocycles. The maximum atomic E-state index is 12.5. The molecule has 1 saturated heterocycles. The molecule has 0 aliphatic carbocycles. The first-order chi connectivity index (χ1) is 11.4. The standard InChI is InChI=1S/C18H25N3O2S/c1-12-5-6-16(24-12)11-21-8-7-15(10-21)9-20(4)18(22)17-13(2)23-14(3)19-17/h5-6,15H,7-11H2,1-4H3. The van der Waals surface area contributed by atoms with Crippen LogP contribution in [0.15, 0.2) is 16.5 Å². The maximum absolute atomic E-state index is 12.5. The van der Waals surface area contributed by atoms with Gasteiger partial charge in [-0.25, -0.2) is 4.98 Å². The number of aryl methyl sites for hydroxylation is 3. The lowest BCUT2D eigenvalue weighted by atomic mass is 10.1. The van der Waals surface area contributed by atoms with Crippen LogP contribution in [0.3, 0.4) is 0 Å². The van der Waals surface area contributed by atoms with Gasteiger partial charge in [-0.05, 0) is 44.9 Å². The zero-order valence-electron chi connectivity index (χ0n) is 14.8. The zero-order valence-corrected chi connectivity index (χ0v) is 15.7. The van der Waals surface area contributed by atoms with Gasteiger partial charge in [0.1, 0.15) is 5.76 Å². The van der Waals surface area contributed by atoms with Gasteiger partial charge >= 0.3 is 0 Å². The highest BCUT2D eigenvalue weighted by Gasteiger charge is 2.27. The molecule has 0 saturated carbocycles. The lowest BCUT2D eigenvalue weighted by Crippen LogP contribution is -2.33. The number of carbonyl (C=O) groups excluding carboxylic acids is 1. The monoisotopic (exact) mass is 347 g/mol. The lowest BCUT2D eigenvalue weighted by molar-refractivity contribution is 0.0766. The molecule has 1 amide bonds. The summed E-state index contributed by atoms with van der Waals surface area (Å²) in [6, 6.07) is 4.40. The number of oxazole rings is 1. The zero-order chi connectivity index (χ0) is 17.3. The Morgan fingerprint density at radius 3 is 2.83 bits per heavy atom. The number of hydrogen-bond donors (Lipinski definition) is 0. The Hall–Kier alpha value is -1.66. The van der Waals surface area contributed by atoms with Crippen LogP contribution >= 0.6 is 11.3 Å². The van der Waals surface area contributed by atoms with Crippen LogP contribution in [0.1, 0.15) is 38.3 Å². The van der Waals surface area contributed by atoms with Crippen LogP contribution in [0.4, 0.5) is 0 Å². The normalized spacial score (nSPS) is 18.2. The third-order valence-electron chi connectivity index (χ3n) is 4.53. The Labute approximate surface area is 147 Å². The van der Waals surface area contributed by atoms with Crippen molar-refractivity contribution in [2.75, 3.05) is 26.7 Å². The Balaban J connectivity index is 1.53. The Kier molecular flexibility index (Phi) is 5.06. The first-order valence-corrected chi connectivity index (χ1v) is 9.21. The highest BCUT2D eigenvalue weighted by molar-refractivity contribution is 7.11. The van der Waals surface area contributed by atoms with Crippen molar-refractivity contribution in [2.45, 2.75) is 33.7 Å². The van der Waals surface area contributed by atoms with Crippen LogP contribution in [0, 0.1) is 26.7 Å². The summed E-state index contributed by atoms with van der Waals surface area (Å²) in [5, 5.41) is 0. The van der Waals surface area contributed by atoms with Gasteiger partial charge in [-0.15, -0.1) is 11.3 Å². The molecule has 2 aromatic rings. The van der Waals surface area contributed by atoms with E-state index in [-0.39, 0.29) is 5.91 Å². The quantitative estimate of drug-likeness (QED) is 0.833. The van der Waals surface area contributed by atoms with Gasteiger partial charge in [0.25, 0.3) is 5.91 Å². The minimum absolute atomic E-state index is 0.0447. The molecule has 3 rings (SSSR count). The molecule has 0 bridgehead atoms. The summed E-state index contributed by atoms with van der Waals surface area (Å²) in [6.45, 7) is 9.65. The molecule has 1 aliphatic heterocycles. The maximum Gasteiger partial charge on any atom is 0.275 e. The van der Waals surface area contributed by atoms with Crippen LogP contribution in [-0.2, 0) is 6.54 Å². The largest absolute Gasteiger partial charge is 0.445 e. The van der Waals surface area contributed by atoms with Crippen molar-refractivity contribution >= 4 is 17.2 Å². The number of rotatable bonds is 5. The van der Waals surface area contributed by atoms with Crippen molar-refractivity contribution in [1.29, 1.82) is 0 Å². The van der Waals surface area contributed by atoms with E-state index in [9.17, 15) is 4.79 Å². The minimum Gasteiger partial charge on any atom is -0.445 e. The summed E-state index contributed by atoms with van der Waals surface area (Å²) in [6.07, 6.45) is 1.14. The van der Waals surface area contributed by atoms with Gasteiger partial charge in [-0.2, -0.15) is 0 Å². The van der Waals surface area contributed by atoms with Gasteiger partial charge < -0.3 is 9.32 Å². The van der Waals surface area contributed by atoms with Crippen LogP contribution in [0.25, 0.3) is 0 Å². The van der Waals surface area contributed by atoms with E-state index in [0.29, 0.717) is 23.3 Å². The fourth-order valence-corrected chi connectivity index (χ4v) is 4.31. The van der Waals surface area contributed by atoms with E-state index < -0.39 is 0 Å². The summed E-state index contributed by atoms with van der Waals surface area (Å²) < 4.78 is 5.38. The third kappa shape index (κ3) is 3.87. The molecule has 1 fully saturated rings. The molecule has 3 heterocycles. The van der Waals surface area contributed by atoms with Crippen LogP contribution in [-0.4, -0.2) is 47.4 Å². The van der Waals surface area contributed by atoms with E-state index in [0.717, 1.165) is 32.6 Å². The number of amides is 1. The minimum atomic E-state index is -0.0447. The fraction of sp³-hybridized carbons (Fsp3) is 0.556. The Bertz CT molecular complexity index is 722. The number of hydrogen-bond acceptors (Lipinski definition) is 5. The van der Waals surface area contributed by atoms with E-state index in [4.69, 9.17) is 4.42 Å². The second-order valence-electron chi connectivity index (χ2n) is 6.73. The van der Waals surface area contributed by atoms with Crippen molar-refractivity contribution in [3.63, 3.8) is 0 Å². The average molecular weight is 347 g/mol. The van der Waals surface area contributed by atoms with Crippen molar-refractivity contribution in [3.05, 3.63) is 39.2 Å². The molecule has 0 radical (unpaired) electrons. The number of likely N-dealkylation sites (tertiary alicyclic amines) is 1. The second kappa shape index (κ2) is 7.07. The molecule has 1 atom stereocenters. The summed E-state index contributed by atoms with van der Waals surface area (Å²) in [5.41, 5.74) is 0.443. The van der Waals surface area contributed by atoms with Gasteiger partial charge in [0.2, 0.25) is 0 Å². The highest BCUT2D eigenvalue weighted by atomic mass is 32.1. The number of thiophene rings is 1. The average Bonchev–Trinajstić information content (AvgIpc) is 3.21. The predicted octanol–water partition coefficient (Wildman–Crippen LogP) is 3.26. The van der Waals surface area contributed by atoms with E-state index in [1.165, 1.54) is 9.75 Å². The van der Waals surface area contributed by atoms with Crippen LogP contribution in [0.5, 0.6) is 0 Å².